The van der Waals surface area contributed by atoms with Crippen molar-refractivity contribution in [2.75, 3.05) is 5.43 Å². The number of rotatable bonds is 2. The van der Waals surface area contributed by atoms with E-state index >= 15 is 0 Å². The largest absolute Gasteiger partial charge is 0.332 e. The average molecular weight is 338 g/mol. The zero-order valence-corrected chi connectivity index (χ0v) is 14.3. The Bertz CT molecular complexity index is 1130. The predicted octanol–water partition coefficient (Wildman–Crippen LogP) is 1.05. The molecule has 1 N–H and O–H groups in total. The highest BCUT2D eigenvalue weighted by Gasteiger charge is 2.22. The molecule has 2 aromatic heterocycles. The van der Waals surface area contributed by atoms with Gasteiger partial charge in [-0.05, 0) is 19.4 Å². The molecule has 0 amide bonds. The van der Waals surface area contributed by atoms with E-state index in [0.29, 0.717) is 23.7 Å². The molecule has 0 saturated heterocycles. The van der Waals surface area contributed by atoms with Crippen molar-refractivity contribution < 1.29 is 0 Å². The summed E-state index contributed by atoms with van der Waals surface area (Å²) in [6.45, 7) is 4.56. The second-order valence-electron chi connectivity index (χ2n) is 6.37. The first-order chi connectivity index (χ1) is 12.0. The molecule has 1 aliphatic heterocycles. The van der Waals surface area contributed by atoms with Crippen molar-refractivity contribution in [3.63, 3.8) is 0 Å². The van der Waals surface area contributed by atoms with Gasteiger partial charge in [0, 0.05) is 7.05 Å². The van der Waals surface area contributed by atoms with E-state index in [2.05, 4.69) is 15.5 Å². The lowest BCUT2D eigenvalue weighted by molar-refractivity contribution is 0.654. The lowest BCUT2D eigenvalue weighted by Crippen LogP contribution is -2.40. The molecule has 0 spiro atoms. The van der Waals surface area contributed by atoms with Crippen LogP contribution in [0.15, 0.2) is 39.0 Å². The number of benzene rings is 1. The molecule has 0 atom stereocenters. The normalized spacial score (nSPS) is 13.5. The zero-order chi connectivity index (χ0) is 17.7. The Kier molecular flexibility index (Phi) is 3.34. The van der Waals surface area contributed by atoms with E-state index in [9.17, 15) is 9.59 Å². The van der Waals surface area contributed by atoms with Gasteiger partial charge in [0.1, 0.15) is 0 Å². The molecule has 25 heavy (non-hydrogen) atoms. The van der Waals surface area contributed by atoms with E-state index in [1.807, 2.05) is 38.1 Å². The van der Waals surface area contributed by atoms with Crippen molar-refractivity contribution in [2.24, 2.45) is 12.1 Å². The number of aryl methyl sites for hydroxylation is 2. The van der Waals surface area contributed by atoms with E-state index in [4.69, 9.17) is 0 Å². The van der Waals surface area contributed by atoms with Gasteiger partial charge in [0.2, 0.25) is 5.95 Å². The van der Waals surface area contributed by atoms with Gasteiger partial charge in [-0.15, -0.1) is 0 Å². The lowest BCUT2D eigenvalue weighted by Gasteiger charge is -2.14. The van der Waals surface area contributed by atoms with Crippen LogP contribution >= 0.6 is 0 Å². The minimum Gasteiger partial charge on any atom is -0.297 e. The summed E-state index contributed by atoms with van der Waals surface area (Å²) >= 11 is 0. The quantitative estimate of drug-likeness (QED) is 0.757. The van der Waals surface area contributed by atoms with Crippen LogP contribution in [-0.2, 0) is 20.1 Å². The summed E-state index contributed by atoms with van der Waals surface area (Å²) in [7, 11) is 1.63. The van der Waals surface area contributed by atoms with Crippen molar-refractivity contribution in [2.45, 2.75) is 26.9 Å². The Morgan fingerprint density at radius 1 is 1.16 bits per heavy atom. The van der Waals surface area contributed by atoms with Gasteiger partial charge in [-0.25, -0.2) is 10.2 Å². The Balaban J connectivity index is 1.94. The van der Waals surface area contributed by atoms with Crippen LogP contribution in [0, 0.1) is 6.92 Å². The van der Waals surface area contributed by atoms with E-state index in [-0.39, 0.29) is 17.8 Å². The lowest BCUT2D eigenvalue weighted by atomic mass is 10.1. The molecule has 4 rings (SSSR count). The highest BCUT2D eigenvalue weighted by molar-refractivity contribution is 5.87. The van der Waals surface area contributed by atoms with E-state index < -0.39 is 0 Å². The fourth-order valence-corrected chi connectivity index (χ4v) is 3.04. The molecule has 0 unspecified atom stereocenters. The molecule has 0 bridgehead atoms. The van der Waals surface area contributed by atoms with Gasteiger partial charge < -0.3 is 0 Å². The first kappa shape index (κ1) is 15.4. The van der Waals surface area contributed by atoms with Crippen molar-refractivity contribution in [3.05, 3.63) is 56.2 Å². The summed E-state index contributed by atoms with van der Waals surface area (Å²) in [4.78, 5) is 30.1. The molecule has 0 radical (unpaired) electrons. The summed E-state index contributed by atoms with van der Waals surface area (Å²) in [6, 6.07) is 7.78. The minimum absolute atomic E-state index is 0.225. The minimum atomic E-state index is -0.383. The molecule has 0 aliphatic carbocycles. The number of nitrogens with one attached hydrogen (secondary N) is 1. The van der Waals surface area contributed by atoms with Crippen LogP contribution in [0.25, 0.3) is 11.2 Å². The molecule has 3 aromatic rings. The Morgan fingerprint density at radius 2 is 1.88 bits per heavy atom. The monoisotopic (exact) mass is 338 g/mol. The van der Waals surface area contributed by atoms with Crippen molar-refractivity contribution in [3.8, 4) is 0 Å². The molecule has 8 heteroatoms. The molecule has 8 nitrogen and oxygen atoms in total. The Hall–Kier alpha value is -3.16. The maximum atomic E-state index is 13.0. The van der Waals surface area contributed by atoms with Gasteiger partial charge in [0.05, 0.1) is 18.8 Å². The Labute approximate surface area is 143 Å². The van der Waals surface area contributed by atoms with E-state index in [0.717, 1.165) is 16.8 Å². The first-order valence-electron chi connectivity index (χ1n) is 8.00. The number of hydrogen-bond acceptors (Lipinski definition) is 5. The van der Waals surface area contributed by atoms with Crippen LogP contribution in [0.3, 0.4) is 0 Å². The molecular formula is C17H18N6O2. The third kappa shape index (κ3) is 2.37. The number of hydrazone groups is 1. The third-order valence-electron chi connectivity index (χ3n) is 4.43. The number of imidazole rings is 1. The molecular weight excluding hydrogens is 320 g/mol. The first-order valence-corrected chi connectivity index (χ1v) is 8.00. The summed E-state index contributed by atoms with van der Waals surface area (Å²) in [5.74, 6) is 0.473. The maximum Gasteiger partial charge on any atom is 0.332 e. The zero-order valence-electron chi connectivity index (χ0n) is 14.3. The van der Waals surface area contributed by atoms with Gasteiger partial charge >= 0.3 is 5.69 Å². The average Bonchev–Trinajstić information content (AvgIpc) is 2.97. The molecule has 0 saturated carbocycles. The van der Waals surface area contributed by atoms with Crippen LogP contribution in [0.2, 0.25) is 0 Å². The highest BCUT2D eigenvalue weighted by Crippen LogP contribution is 2.18. The maximum absolute atomic E-state index is 13.0. The standard InChI is InChI=1S/C17H18N6O2/c1-10-4-6-12(7-5-10)9-23-15(24)13-14(21(3)17(23)25)18-16-20-19-11(2)8-22(13)16/h4-7H,8-9H2,1-3H3,(H,18,20). The smallest absolute Gasteiger partial charge is 0.297 e. The van der Waals surface area contributed by atoms with Crippen LogP contribution in [0.5, 0.6) is 0 Å². The fourth-order valence-electron chi connectivity index (χ4n) is 3.04. The van der Waals surface area contributed by atoms with Gasteiger partial charge in [0.15, 0.2) is 11.2 Å². The van der Waals surface area contributed by atoms with Crippen LogP contribution in [-0.4, -0.2) is 24.4 Å². The van der Waals surface area contributed by atoms with Gasteiger partial charge in [-0.2, -0.15) is 10.1 Å². The second kappa shape index (κ2) is 5.44. The van der Waals surface area contributed by atoms with Crippen molar-refractivity contribution in [1.29, 1.82) is 0 Å². The van der Waals surface area contributed by atoms with E-state index in [1.165, 1.54) is 9.13 Å². The molecule has 1 aromatic carbocycles. The number of nitrogens with zero attached hydrogens (tertiary/aromatic N) is 5. The van der Waals surface area contributed by atoms with Crippen LogP contribution in [0.4, 0.5) is 5.95 Å². The summed E-state index contributed by atoms with van der Waals surface area (Å²) in [6.07, 6.45) is 0. The summed E-state index contributed by atoms with van der Waals surface area (Å²) in [5.41, 5.74) is 5.75. The number of hydrogen-bond donors (Lipinski definition) is 1. The molecule has 3 heterocycles. The SMILES string of the molecule is CC1=NNc2nc3c(c(=O)n(Cc4ccc(C)cc4)c(=O)n3C)n2C1. The second-order valence-corrected chi connectivity index (χ2v) is 6.37. The van der Waals surface area contributed by atoms with E-state index in [1.54, 1.807) is 11.6 Å². The fraction of sp³-hybridized carbons (Fsp3) is 0.294. The number of fused-ring (bicyclic) bond motifs is 3. The predicted molar refractivity (Wildman–Crippen MR) is 96.2 cm³/mol. The topological polar surface area (TPSA) is 86.2 Å². The number of aromatic nitrogens is 4. The Morgan fingerprint density at radius 3 is 2.60 bits per heavy atom. The molecule has 1 aliphatic rings. The van der Waals surface area contributed by atoms with Gasteiger partial charge in [0.25, 0.3) is 5.56 Å². The van der Waals surface area contributed by atoms with Crippen molar-refractivity contribution >= 4 is 22.8 Å². The third-order valence-corrected chi connectivity index (χ3v) is 4.43. The van der Waals surface area contributed by atoms with Crippen LogP contribution < -0.4 is 16.7 Å². The number of anilines is 1. The van der Waals surface area contributed by atoms with Crippen LogP contribution in [0.1, 0.15) is 18.1 Å². The van der Waals surface area contributed by atoms with Gasteiger partial charge in [-0.1, -0.05) is 29.8 Å². The van der Waals surface area contributed by atoms with Crippen molar-refractivity contribution in [1.82, 2.24) is 18.7 Å². The molecule has 0 fully saturated rings. The van der Waals surface area contributed by atoms with Gasteiger partial charge in [-0.3, -0.25) is 18.5 Å². The summed E-state index contributed by atoms with van der Waals surface area (Å²) < 4.78 is 4.43. The highest BCUT2D eigenvalue weighted by atomic mass is 16.2. The summed E-state index contributed by atoms with van der Waals surface area (Å²) in [5, 5.41) is 4.13. The molecule has 128 valence electrons.